The van der Waals surface area contributed by atoms with Crippen molar-refractivity contribution in [2.45, 2.75) is 110 Å². The first-order valence-electron chi connectivity index (χ1n) is 13.2. The quantitative estimate of drug-likeness (QED) is 0.236. The first kappa shape index (κ1) is 28.6. The molecule has 0 bridgehead atoms. The van der Waals surface area contributed by atoms with Gasteiger partial charge in [-0.3, -0.25) is 0 Å². The van der Waals surface area contributed by atoms with Crippen molar-refractivity contribution in [3.05, 3.63) is 64.8 Å². The van der Waals surface area contributed by atoms with E-state index in [9.17, 15) is 0 Å². The van der Waals surface area contributed by atoms with Gasteiger partial charge in [-0.15, -0.1) is 0 Å². The molecule has 4 atom stereocenters. The van der Waals surface area contributed by atoms with Gasteiger partial charge in [-0.25, -0.2) is 0 Å². The van der Waals surface area contributed by atoms with Crippen LogP contribution in [0, 0.1) is 0 Å². The summed E-state index contributed by atoms with van der Waals surface area (Å²) in [7, 11) is 1.68. The molecule has 0 aromatic heterocycles. The fraction of sp³-hybridized carbons (Fsp3) is 0.613. The van der Waals surface area contributed by atoms with E-state index in [4.69, 9.17) is 23.7 Å². The summed E-state index contributed by atoms with van der Waals surface area (Å²) in [6.45, 7) is 15.9. The van der Waals surface area contributed by atoms with Gasteiger partial charge in [0.05, 0.1) is 38.6 Å². The first-order valence-corrected chi connectivity index (χ1v) is 13.2. The molecule has 200 valence electrons. The Morgan fingerprint density at radius 2 is 1.81 bits per heavy atom. The van der Waals surface area contributed by atoms with E-state index in [1.807, 2.05) is 38.1 Å². The Hall–Kier alpha value is -1.92. The number of benzene rings is 1. The summed E-state index contributed by atoms with van der Waals surface area (Å²) in [5.41, 5.74) is 4.56. The summed E-state index contributed by atoms with van der Waals surface area (Å²) < 4.78 is 30.6. The summed E-state index contributed by atoms with van der Waals surface area (Å²) >= 11 is 0. The zero-order chi connectivity index (χ0) is 26.3. The van der Waals surface area contributed by atoms with E-state index < -0.39 is 11.4 Å². The van der Waals surface area contributed by atoms with Gasteiger partial charge in [-0.2, -0.15) is 0 Å². The number of allylic oxidation sites excluding steroid dienone is 2. The Labute approximate surface area is 218 Å². The minimum absolute atomic E-state index is 0.0376. The van der Waals surface area contributed by atoms with E-state index in [-0.39, 0.29) is 18.3 Å². The van der Waals surface area contributed by atoms with Crippen LogP contribution in [0.2, 0.25) is 0 Å². The molecule has 0 saturated carbocycles. The molecule has 0 spiro atoms. The van der Waals surface area contributed by atoms with Crippen molar-refractivity contribution in [1.29, 1.82) is 0 Å². The molecule has 5 nitrogen and oxygen atoms in total. The summed E-state index contributed by atoms with van der Waals surface area (Å²) in [6.07, 6.45) is 10.3. The summed E-state index contributed by atoms with van der Waals surface area (Å²) in [5.74, 6) is 0.244. The smallest absolute Gasteiger partial charge is 0.164 e. The van der Waals surface area contributed by atoms with Gasteiger partial charge < -0.3 is 23.7 Å². The van der Waals surface area contributed by atoms with Gasteiger partial charge >= 0.3 is 0 Å². The third-order valence-electron chi connectivity index (χ3n) is 7.18. The molecule has 1 saturated heterocycles. The predicted molar refractivity (Wildman–Crippen MR) is 145 cm³/mol. The molecule has 0 N–H and O–H groups in total. The minimum atomic E-state index is -0.616. The molecule has 36 heavy (non-hydrogen) atoms. The van der Waals surface area contributed by atoms with Gasteiger partial charge in [0.15, 0.2) is 5.79 Å². The van der Waals surface area contributed by atoms with Crippen LogP contribution in [0.5, 0.6) is 5.75 Å². The highest BCUT2D eigenvalue weighted by molar-refractivity contribution is 5.26. The van der Waals surface area contributed by atoms with Gasteiger partial charge in [0.2, 0.25) is 0 Å². The van der Waals surface area contributed by atoms with Crippen molar-refractivity contribution in [2.24, 2.45) is 0 Å². The second-order valence-corrected chi connectivity index (χ2v) is 11.1. The number of ether oxygens (including phenoxy) is 5. The Morgan fingerprint density at radius 3 is 2.47 bits per heavy atom. The lowest BCUT2D eigenvalue weighted by molar-refractivity contribution is -0.194. The molecule has 0 radical (unpaired) electrons. The zero-order valence-corrected chi connectivity index (χ0v) is 23.6. The molecular formula is C31H46O5. The molecular weight excluding hydrogens is 452 g/mol. The minimum Gasteiger partial charge on any atom is -0.497 e. The van der Waals surface area contributed by atoms with Crippen molar-refractivity contribution >= 4 is 0 Å². The summed E-state index contributed by atoms with van der Waals surface area (Å²) in [6, 6.07) is 7.99. The largest absolute Gasteiger partial charge is 0.497 e. The maximum Gasteiger partial charge on any atom is 0.164 e. The normalized spacial score (nSPS) is 28.1. The number of methoxy groups -OCH3 is 1. The highest BCUT2D eigenvalue weighted by Gasteiger charge is 2.55. The van der Waals surface area contributed by atoms with Crippen LogP contribution >= 0.6 is 0 Å². The number of hydrogen-bond acceptors (Lipinski definition) is 5. The topological polar surface area (TPSA) is 46.2 Å². The van der Waals surface area contributed by atoms with Crippen LogP contribution in [0.15, 0.2) is 59.2 Å². The third kappa shape index (κ3) is 7.79. The second kappa shape index (κ2) is 12.6. The molecule has 1 aromatic carbocycles. The average Bonchev–Trinajstić information content (AvgIpc) is 3.08. The molecule has 0 unspecified atom stereocenters. The standard InChI is InChI=1S/C31H46O5/c1-22(2)9-17-29-31(7,36-30(5,6)35-29)28-18-11-24(4)27(34-28)16-10-23(3)19-20-33-21-25-12-14-26(32-8)15-13-25/h9,11-15,19,27-29H,10,16-18,20-21H2,1-8H3/b23-19+/t27-,28+,29-,31+/m0/s1. The van der Waals surface area contributed by atoms with Gasteiger partial charge in [0, 0.05) is 0 Å². The van der Waals surface area contributed by atoms with Crippen LogP contribution in [0.4, 0.5) is 0 Å². The number of hydrogen-bond donors (Lipinski definition) is 0. The lowest BCUT2D eigenvalue weighted by Gasteiger charge is -2.41. The monoisotopic (exact) mass is 498 g/mol. The van der Waals surface area contributed by atoms with Crippen LogP contribution < -0.4 is 4.74 Å². The van der Waals surface area contributed by atoms with Crippen LogP contribution in [0.3, 0.4) is 0 Å². The van der Waals surface area contributed by atoms with Crippen LogP contribution in [-0.2, 0) is 25.6 Å². The third-order valence-corrected chi connectivity index (χ3v) is 7.18. The molecule has 1 aromatic rings. The number of rotatable bonds is 11. The maximum atomic E-state index is 6.71. The Morgan fingerprint density at radius 1 is 1.08 bits per heavy atom. The predicted octanol–water partition coefficient (Wildman–Crippen LogP) is 7.31. The van der Waals surface area contributed by atoms with Crippen LogP contribution in [-0.4, -0.2) is 43.4 Å². The Bertz CT molecular complexity index is 938. The fourth-order valence-corrected chi connectivity index (χ4v) is 4.99. The van der Waals surface area contributed by atoms with Gasteiger partial charge in [-0.05, 0) is 97.4 Å². The average molecular weight is 499 g/mol. The van der Waals surface area contributed by atoms with Gasteiger partial charge in [0.25, 0.3) is 0 Å². The second-order valence-electron chi connectivity index (χ2n) is 11.1. The molecule has 2 heterocycles. The molecule has 3 rings (SSSR count). The Balaban J connectivity index is 1.52. The van der Waals surface area contributed by atoms with Crippen molar-refractivity contribution in [2.75, 3.05) is 13.7 Å². The van der Waals surface area contributed by atoms with Crippen molar-refractivity contribution in [3.8, 4) is 5.75 Å². The summed E-state index contributed by atoms with van der Waals surface area (Å²) in [5, 5.41) is 0. The van der Waals surface area contributed by atoms with Crippen molar-refractivity contribution in [1.82, 2.24) is 0 Å². The highest BCUT2D eigenvalue weighted by Crippen LogP contribution is 2.44. The zero-order valence-electron chi connectivity index (χ0n) is 23.6. The van der Waals surface area contributed by atoms with Gasteiger partial charge in [-0.1, -0.05) is 41.5 Å². The molecule has 0 aliphatic carbocycles. The van der Waals surface area contributed by atoms with Crippen molar-refractivity contribution < 1.29 is 23.7 Å². The highest BCUT2D eigenvalue weighted by atomic mass is 16.8. The summed E-state index contributed by atoms with van der Waals surface area (Å²) in [4.78, 5) is 0. The van der Waals surface area contributed by atoms with Crippen molar-refractivity contribution in [3.63, 3.8) is 0 Å². The first-order chi connectivity index (χ1) is 17.0. The molecule has 1 fully saturated rings. The van der Waals surface area contributed by atoms with E-state index in [0.717, 1.165) is 37.0 Å². The Kier molecular flexibility index (Phi) is 9.99. The van der Waals surface area contributed by atoms with E-state index in [2.05, 4.69) is 52.8 Å². The molecule has 0 amide bonds. The van der Waals surface area contributed by atoms with E-state index in [1.165, 1.54) is 16.7 Å². The fourth-order valence-electron chi connectivity index (χ4n) is 4.99. The van der Waals surface area contributed by atoms with E-state index in [1.54, 1.807) is 7.11 Å². The van der Waals surface area contributed by atoms with E-state index >= 15 is 0 Å². The molecule has 2 aliphatic rings. The lowest BCUT2D eigenvalue weighted by Crippen LogP contribution is -2.51. The maximum absolute atomic E-state index is 6.71. The van der Waals surface area contributed by atoms with Crippen LogP contribution in [0.1, 0.15) is 79.7 Å². The SMILES string of the molecule is COc1ccc(COC/C=C(\C)CC[C@@H]2O[C@@H]([C@@]3(C)OC(C)(C)O[C@H]3CC=C(C)C)CC=C2C)cc1. The van der Waals surface area contributed by atoms with Crippen LogP contribution in [0.25, 0.3) is 0 Å². The molecule has 2 aliphatic heterocycles. The van der Waals surface area contributed by atoms with Gasteiger partial charge in [0.1, 0.15) is 11.4 Å². The van der Waals surface area contributed by atoms with E-state index in [0.29, 0.717) is 13.2 Å². The molecule has 5 heteroatoms. The lowest BCUT2D eigenvalue weighted by atomic mass is 9.85.